The van der Waals surface area contributed by atoms with Gasteiger partial charge < -0.3 is 10.1 Å². The summed E-state index contributed by atoms with van der Waals surface area (Å²) in [4.78, 5) is 0. The number of halogens is 2. The maximum atomic E-state index is 12.2. The third kappa shape index (κ3) is 2.85. The van der Waals surface area contributed by atoms with E-state index in [9.17, 15) is 8.78 Å². The van der Waals surface area contributed by atoms with Gasteiger partial charge in [0.1, 0.15) is 5.75 Å². The Kier molecular flexibility index (Phi) is 3.60. The predicted octanol–water partition coefficient (Wildman–Crippen LogP) is 4.35. The summed E-state index contributed by atoms with van der Waals surface area (Å²) in [6.45, 7) is -1.93. The van der Waals surface area contributed by atoms with Gasteiger partial charge in [0.2, 0.25) is 0 Å². The normalized spacial score (nSPS) is 36.0. The van der Waals surface area contributed by atoms with Gasteiger partial charge in [0.05, 0.1) is 0 Å². The van der Waals surface area contributed by atoms with Gasteiger partial charge in [0, 0.05) is 12.1 Å². The first kappa shape index (κ1) is 14.4. The molecule has 4 heteroatoms. The van der Waals surface area contributed by atoms with Gasteiger partial charge in [-0.3, -0.25) is 0 Å². The molecule has 0 amide bonds. The zero-order chi connectivity index (χ0) is 15.2. The molecule has 4 fully saturated rings. The van der Waals surface area contributed by atoms with Crippen molar-refractivity contribution in [3.63, 3.8) is 0 Å². The number of ether oxygens (including phenoxy) is 1. The highest BCUT2D eigenvalue weighted by Gasteiger charge is 2.50. The lowest BCUT2D eigenvalue weighted by Gasteiger charge is -2.57. The van der Waals surface area contributed by atoms with Crippen LogP contribution in [-0.2, 0) is 6.54 Å². The molecule has 4 aliphatic carbocycles. The fourth-order valence-corrected chi connectivity index (χ4v) is 5.41. The van der Waals surface area contributed by atoms with Gasteiger partial charge in [-0.15, -0.1) is 0 Å². The summed E-state index contributed by atoms with van der Waals surface area (Å²) in [6, 6.07) is 7.02. The van der Waals surface area contributed by atoms with E-state index in [4.69, 9.17) is 0 Å². The van der Waals surface area contributed by atoms with Crippen LogP contribution in [0.2, 0.25) is 0 Å². The van der Waals surface area contributed by atoms with Crippen LogP contribution in [0.4, 0.5) is 8.78 Å². The molecule has 0 saturated heterocycles. The molecular formula is C18H23F2NO. The molecule has 22 heavy (non-hydrogen) atoms. The highest BCUT2D eigenvalue weighted by molar-refractivity contribution is 5.27. The smallest absolute Gasteiger partial charge is 0.387 e. The van der Waals surface area contributed by atoms with E-state index in [2.05, 4.69) is 10.1 Å². The second-order valence-corrected chi connectivity index (χ2v) is 7.57. The number of rotatable bonds is 5. The molecule has 0 aromatic heterocycles. The maximum Gasteiger partial charge on any atom is 0.387 e. The van der Waals surface area contributed by atoms with Gasteiger partial charge in [-0.2, -0.15) is 8.78 Å². The highest BCUT2D eigenvalue weighted by atomic mass is 19.3. The number of hydrogen-bond acceptors (Lipinski definition) is 2. The zero-order valence-corrected chi connectivity index (χ0v) is 12.7. The minimum absolute atomic E-state index is 0.230. The van der Waals surface area contributed by atoms with E-state index in [-0.39, 0.29) is 5.75 Å². The van der Waals surface area contributed by atoms with E-state index < -0.39 is 6.61 Å². The molecule has 5 rings (SSSR count). The van der Waals surface area contributed by atoms with E-state index in [0.29, 0.717) is 5.54 Å². The molecule has 2 nitrogen and oxygen atoms in total. The first-order chi connectivity index (χ1) is 10.6. The summed E-state index contributed by atoms with van der Waals surface area (Å²) >= 11 is 0. The molecule has 1 aromatic rings. The SMILES string of the molecule is FC(F)Oc1ccc(CNC23CC4CC(CC(C4)C2)C3)cc1. The lowest BCUT2D eigenvalue weighted by molar-refractivity contribution is -0.0498. The first-order valence-electron chi connectivity index (χ1n) is 8.39. The number of benzene rings is 1. The lowest BCUT2D eigenvalue weighted by atomic mass is 9.53. The quantitative estimate of drug-likeness (QED) is 0.873. The van der Waals surface area contributed by atoms with Crippen LogP contribution in [0, 0.1) is 17.8 Å². The summed E-state index contributed by atoms with van der Waals surface area (Å²) in [5.41, 5.74) is 1.48. The molecule has 0 heterocycles. The summed E-state index contributed by atoms with van der Waals surface area (Å²) < 4.78 is 28.7. The Bertz CT molecular complexity index is 493. The van der Waals surface area contributed by atoms with Gasteiger partial charge >= 0.3 is 6.61 Å². The van der Waals surface area contributed by atoms with Crippen molar-refractivity contribution in [1.29, 1.82) is 0 Å². The highest BCUT2D eigenvalue weighted by Crippen LogP contribution is 2.55. The van der Waals surface area contributed by atoms with E-state index in [1.165, 1.54) is 38.5 Å². The van der Waals surface area contributed by atoms with Crippen molar-refractivity contribution in [2.75, 3.05) is 0 Å². The molecule has 0 unspecified atom stereocenters. The maximum absolute atomic E-state index is 12.2. The Morgan fingerprint density at radius 1 is 1.00 bits per heavy atom. The van der Waals surface area contributed by atoms with Gasteiger partial charge in [0.25, 0.3) is 0 Å². The third-order valence-corrected chi connectivity index (χ3v) is 5.85. The predicted molar refractivity (Wildman–Crippen MR) is 80.8 cm³/mol. The van der Waals surface area contributed by atoms with Crippen LogP contribution in [0.5, 0.6) is 5.75 Å². The summed E-state index contributed by atoms with van der Waals surface area (Å²) in [5, 5.41) is 3.81. The van der Waals surface area contributed by atoms with Crippen molar-refractivity contribution in [2.45, 2.75) is 57.2 Å². The van der Waals surface area contributed by atoms with Crippen molar-refractivity contribution in [1.82, 2.24) is 5.32 Å². The second kappa shape index (κ2) is 5.48. The van der Waals surface area contributed by atoms with Gasteiger partial charge in [-0.05, 0) is 74.0 Å². The Morgan fingerprint density at radius 3 is 2.05 bits per heavy atom. The molecule has 0 aliphatic heterocycles. The molecular weight excluding hydrogens is 284 g/mol. The summed E-state index contributed by atoms with van der Waals surface area (Å²) in [5.74, 6) is 3.02. The van der Waals surface area contributed by atoms with Crippen molar-refractivity contribution in [3.05, 3.63) is 29.8 Å². The number of alkyl halides is 2. The van der Waals surface area contributed by atoms with Crippen molar-refractivity contribution >= 4 is 0 Å². The molecule has 1 aromatic carbocycles. The van der Waals surface area contributed by atoms with Crippen LogP contribution < -0.4 is 10.1 Å². The summed E-state index contributed by atoms with van der Waals surface area (Å²) in [6.07, 6.45) is 8.31. The Hall–Kier alpha value is -1.16. The molecule has 0 radical (unpaired) electrons. The fourth-order valence-electron chi connectivity index (χ4n) is 5.41. The minimum atomic E-state index is -2.75. The molecule has 0 atom stereocenters. The first-order valence-corrected chi connectivity index (χ1v) is 8.39. The average molecular weight is 307 g/mol. The third-order valence-electron chi connectivity index (χ3n) is 5.85. The topological polar surface area (TPSA) is 21.3 Å². The van der Waals surface area contributed by atoms with E-state index in [1.807, 2.05) is 12.1 Å². The molecule has 4 aliphatic rings. The van der Waals surface area contributed by atoms with Crippen LogP contribution in [0.1, 0.15) is 44.1 Å². The molecule has 4 saturated carbocycles. The lowest BCUT2D eigenvalue weighted by Crippen LogP contribution is -2.58. The second-order valence-electron chi connectivity index (χ2n) is 7.57. The van der Waals surface area contributed by atoms with Crippen LogP contribution in [-0.4, -0.2) is 12.2 Å². The monoisotopic (exact) mass is 307 g/mol. The van der Waals surface area contributed by atoms with Crippen LogP contribution >= 0.6 is 0 Å². The molecule has 0 spiro atoms. The van der Waals surface area contributed by atoms with Crippen molar-refractivity contribution in [2.24, 2.45) is 17.8 Å². The molecule has 120 valence electrons. The van der Waals surface area contributed by atoms with E-state index in [1.54, 1.807) is 12.1 Å². The zero-order valence-electron chi connectivity index (χ0n) is 12.7. The van der Waals surface area contributed by atoms with Crippen LogP contribution in [0.3, 0.4) is 0 Å². The largest absolute Gasteiger partial charge is 0.435 e. The number of hydrogen-bond donors (Lipinski definition) is 1. The standard InChI is InChI=1S/C18H23F2NO/c19-17(20)22-16-3-1-12(2-4-16)11-21-18-8-13-5-14(9-18)7-15(6-13)10-18/h1-4,13-15,17,21H,5-11H2. The average Bonchev–Trinajstić information content (AvgIpc) is 2.44. The van der Waals surface area contributed by atoms with Crippen molar-refractivity contribution < 1.29 is 13.5 Å². The van der Waals surface area contributed by atoms with Gasteiger partial charge in [0.15, 0.2) is 0 Å². The van der Waals surface area contributed by atoms with Crippen LogP contribution in [0.25, 0.3) is 0 Å². The molecule has 4 bridgehead atoms. The van der Waals surface area contributed by atoms with Crippen LogP contribution in [0.15, 0.2) is 24.3 Å². The van der Waals surface area contributed by atoms with E-state index >= 15 is 0 Å². The Labute approximate surface area is 130 Å². The van der Waals surface area contributed by atoms with Gasteiger partial charge in [-0.1, -0.05) is 12.1 Å². The summed E-state index contributed by atoms with van der Waals surface area (Å²) in [7, 11) is 0. The minimum Gasteiger partial charge on any atom is -0.435 e. The van der Waals surface area contributed by atoms with Crippen molar-refractivity contribution in [3.8, 4) is 5.75 Å². The Balaban J connectivity index is 1.38. The van der Waals surface area contributed by atoms with E-state index in [0.717, 1.165) is 29.9 Å². The van der Waals surface area contributed by atoms with Gasteiger partial charge in [-0.25, -0.2) is 0 Å². The Morgan fingerprint density at radius 2 is 1.55 bits per heavy atom. The number of nitrogens with one attached hydrogen (secondary N) is 1. The fraction of sp³-hybridized carbons (Fsp3) is 0.667. The molecule has 1 N–H and O–H groups in total.